The van der Waals surface area contributed by atoms with Gasteiger partial charge in [0.2, 0.25) is 5.91 Å². The third kappa shape index (κ3) is 55.1. The van der Waals surface area contributed by atoms with Crippen molar-refractivity contribution in [3.05, 3.63) is 0 Å². The summed E-state index contributed by atoms with van der Waals surface area (Å²) in [6, 6.07) is -0.795. The molecule has 3 atom stereocenters. The highest BCUT2D eigenvalue weighted by Gasteiger charge is 2.24. The number of phosphoric ester groups is 1. The molecule has 0 heterocycles. The van der Waals surface area contributed by atoms with E-state index in [1.165, 1.54) is 263 Å². The number of quaternary nitrogens is 1. The maximum absolute atomic E-state index is 13.0. The highest BCUT2D eigenvalue weighted by molar-refractivity contribution is 7.45. The highest BCUT2D eigenvalue weighted by atomic mass is 31.2. The number of nitrogens with one attached hydrogen (secondary N) is 1. The molecule has 9 heteroatoms. The van der Waals surface area contributed by atoms with Crippen LogP contribution in [-0.2, 0) is 18.4 Å². The molecule has 8 nitrogen and oxygen atoms in total. The molecule has 2 N–H and O–H groups in total. The van der Waals surface area contributed by atoms with Gasteiger partial charge < -0.3 is 28.8 Å². The maximum atomic E-state index is 13.0. The van der Waals surface area contributed by atoms with Crippen molar-refractivity contribution in [1.82, 2.24) is 5.32 Å². The predicted molar refractivity (Wildman–Crippen MR) is 298 cm³/mol. The number of hydrogen-bond donors (Lipinski definition) is 2. The van der Waals surface area contributed by atoms with Crippen molar-refractivity contribution in [2.45, 2.75) is 341 Å². The molecule has 3 unspecified atom stereocenters. The number of carbonyl (C=O) groups excluding carboxylic acids is 1. The number of likely N-dealkylation sites (N-methyl/N-ethyl adjacent to an activating group) is 1. The van der Waals surface area contributed by atoms with E-state index in [4.69, 9.17) is 9.05 Å². The molecular weight excluding hydrogens is 876 g/mol. The number of aliphatic hydroxyl groups is 1. The molecular formula is C60H123N2O6P. The van der Waals surface area contributed by atoms with E-state index >= 15 is 0 Å². The first-order valence-electron chi connectivity index (χ1n) is 30.9. The number of nitrogens with zero attached hydrogens (tertiary/aromatic N) is 1. The van der Waals surface area contributed by atoms with Crippen molar-refractivity contribution in [1.29, 1.82) is 0 Å². The van der Waals surface area contributed by atoms with Crippen molar-refractivity contribution < 1.29 is 32.9 Å². The fourth-order valence-corrected chi connectivity index (χ4v) is 10.5. The van der Waals surface area contributed by atoms with Crippen LogP contribution >= 0.6 is 7.82 Å². The molecule has 0 bridgehead atoms. The van der Waals surface area contributed by atoms with Crippen LogP contribution in [0.15, 0.2) is 0 Å². The Balaban J connectivity index is 4.02. The van der Waals surface area contributed by atoms with E-state index in [0.717, 1.165) is 38.5 Å². The molecule has 0 saturated heterocycles. The molecule has 0 saturated carbocycles. The van der Waals surface area contributed by atoms with E-state index in [1.54, 1.807) is 0 Å². The van der Waals surface area contributed by atoms with Gasteiger partial charge in [0.15, 0.2) is 0 Å². The quantitative estimate of drug-likeness (QED) is 0.0357. The number of rotatable bonds is 58. The molecule has 0 aromatic rings. The Morgan fingerprint density at radius 1 is 0.449 bits per heavy atom. The van der Waals surface area contributed by atoms with Gasteiger partial charge in [0.05, 0.1) is 39.9 Å². The first-order valence-corrected chi connectivity index (χ1v) is 32.3. The number of amides is 1. The minimum absolute atomic E-state index is 0.0167. The molecule has 69 heavy (non-hydrogen) atoms. The van der Waals surface area contributed by atoms with Gasteiger partial charge in [0, 0.05) is 6.42 Å². The monoisotopic (exact) mass is 999 g/mol. The van der Waals surface area contributed by atoms with Crippen LogP contribution in [0.2, 0.25) is 0 Å². The van der Waals surface area contributed by atoms with Crippen LogP contribution in [-0.4, -0.2) is 68.5 Å². The summed E-state index contributed by atoms with van der Waals surface area (Å²) in [6.07, 6.45) is 62.9. The largest absolute Gasteiger partial charge is 0.756 e. The van der Waals surface area contributed by atoms with Gasteiger partial charge >= 0.3 is 0 Å². The summed E-state index contributed by atoms with van der Waals surface area (Å²) in [5, 5.41) is 14.0. The predicted octanol–water partition coefficient (Wildman–Crippen LogP) is 18.2. The van der Waals surface area contributed by atoms with E-state index in [0.29, 0.717) is 23.9 Å². The number of hydrogen-bond acceptors (Lipinski definition) is 6. The Hall–Kier alpha value is -0.500. The minimum Gasteiger partial charge on any atom is -0.756 e. The summed E-state index contributed by atoms with van der Waals surface area (Å²) in [4.78, 5) is 25.5. The standard InChI is InChI=1S/C60H123N2O6P/c1-6-8-10-12-14-16-18-20-22-24-25-26-27-28-29-30-31-32-33-34-35-36-38-39-41-43-45-47-49-51-53-59(63)58(57-68-69(65,66)67-56-55-62(3,4)5)61-60(64)54-52-50-48-46-44-42-40-37-23-21-19-17-15-13-11-9-7-2/h58-59,63H,6-57H2,1-5H3,(H-,61,64,65,66). The van der Waals surface area contributed by atoms with Crippen molar-refractivity contribution in [2.75, 3.05) is 40.9 Å². The third-order valence-corrected chi connectivity index (χ3v) is 15.6. The van der Waals surface area contributed by atoms with Crippen molar-refractivity contribution in [2.24, 2.45) is 0 Å². The van der Waals surface area contributed by atoms with Gasteiger partial charge in [0.1, 0.15) is 13.2 Å². The van der Waals surface area contributed by atoms with Crippen molar-refractivity contribution in [3.63, 3.8) is 0 Å². The van der Waals surface area contributed by atoms with Crippen LogP contribution in [0.5, 0.6) is 0 Å². The molecule has 0 aromatic carbocycles. The smallest absolute Gasteiger partial charge is 0.268 e. The normalized spacial score (nSPS) is 13.8. The first kappa shape index (κ1) is 68.5. The van der Waals surface area contributed by atoms with Gasteiger partial charge in [0.25, 0.3) is 7.82 Å². The summed E-state index contributed by atoms with van der Waals surface area (Å²) in [5.74, 6) is -0.156. The van der Waals surface area contributed by atoms with E-state index in [-0.39, 0.29) is 19.1 Å². The van der Waals surface area contributed by atoms with Crippen LogP contribution in [0.3, 0.4) is 0 Å². The van der Waals surface area contributed by atoms with Crippen LogP contribution in [0, 0.1) is 0 Å². The molecule has 1 amide bonds. The molecule has 0 radical (unpaired) electrons. The lowest BCUT2D eigenvalue weighted by atomic mass is 10.0. The zero-order chi connectivity index (χ0) is 50.6. The highest BCUT2D eigenvalue weighted by Crippen LogP contribution is 2.38. The lowest BCUT2D eigenvalue weighted by Crippen LogP contribution is -2.46. The lowest BCUT2D eigenvalue weighted by Gasteiger charge is -2.30. The lowest BCUT2D eigenvalue weighted by molar-refractivity contribution is -0.870. The molecule has 0 aromatic heterocycles. The number of aliphatic hydroxyl groups excluding tert-OH is 1. The summed E-state index contributed by atoms with van der Waals surface area (Å²) in [5.41, 5.74) is 0. The molecule has 0 spiro atoms. The van der Waals surface area contributed by atoms with Gasteiger partial charge in [-0.25, -0.2) is 0 Å². The number of carbonyl (C=O) groups is 1. The Morgan fingerprint density at radius 3 is 0.986 bits per heavy atom. The zero-order valence-corrected chi connectivity index (χ0v) is 48.2. The van der Waals surface area contributed by atoms with Crippen molar-refractivity contribution in [3.8, 4) is 0 Å². The number of unbranched alkanes of at least 4 members (excludes halogenated alkanes) is 45. The van der Waals surface area contributed by atoms with Crippen molar-refractivity contribution >= 4 is 13.7 Å². The summed E-state index contributed by atoms with van der Waals surface area (Å²) in [7, 11) is 1.33. The van der Waals surface area contributed by atoms with E-state index in [1.807, 2.05) is 21.1 Å². The van der Waals surface area contributed by atoms with Crippen LogP contribution in [0.1, 0.15) is 328 Å². The fourth-order valence-electron chi connectivity index (χ4n) is 9.75. The number of phosphoric acid groups is 1. The van der Waals surface area contributed by atoms with Gasteiger partial charge in [-0.3, -0.25) is 9.36 Å². The van der Waals surface area contributed by atoms with E-state index in [2.05, 4.69) is 19.2 Å². The molecule has 0 aliphatic carbocycles. The molecule has 414 valence electrons. The van der Waals surface area contributed by atoms with Crippen LogP contribution in [0.25, 0.3) is 0 Å². The van der Waals surface area contributed by atoms with Gasteiger partial charge in [-0.15, -0.1) is 0 Å². The van der Waals surface area contributed by atoms with Gasteiger partial charge in [-0.1, -0.05) is 309 Å². The third-order valence-electron chi connectivity index (χ3n) is 14.6. The Labute approximate surface area is 431 Å². The average molecular weight is 1000 g/mol. The second-order valence-corrected chi connectivity index (χ2v) is 24.2. The van der Waals surface area contributed by atoms with Gasteiger partial charge in [-0.05, 0) is 12.8 Å². The summed E-state index contributed by atoms with van der Waals surface area (Å²) in [6.45, 7) is 4.78. The van der Waals surface area contributed by atoms with Crippen LogP contribution in [0.4, 0.5) is 0 Å². The second-order valence-electron chi connectivity index (χ2n) is 22.8. The Kier molecular flexibility index (Phi) is 52.0. The maximum Gasteiger partial charge on any atom is 0.268 e. The minimum atomic E-state index is -4.57. The van der Waals surface area contributed by atoms with E-state index < -0.39 is 20.0 Å². The second kappa shape index (κ2) is 52.4. The van der Waals surface area contributed by atoms with Crippen LogP contribution < -0.4 is 10.2 Å². The Morgan fingerprint density at radius 2 is 0.710 bits per heavy atom. The molecule has 0 fully saturated rings. The SMILES string of the molecule is CCCCCCCCCCCCCCCCCCCCCCCCCCCCCCCCC(O)C(COP(=O)([O-])OCC[N+](C)(C)C)NC(=O)CCCCCCCCCCCCCCCCCCC. The summed E-state index contributed by atoms with van der Waals surface area (Å²) < 4.78 is 23.5. The summed E-state index contributed by atoms with van der Waals surface area (Å²) >= 11 is 0. The average Bonchev–Trinajstić information content (AvgIpc) is 3.31. The topological polar surface area (TPSA) is 108 Å². The van der Waals surface area contributed by atoms with E-state index in [9.17, 15) is 19.4 Å². The first-order chi connectivity index (χ1) is 33.5. The zero-order valence-electron chi connectivity index (χ0n) is 47.3. The molecule has 0 rings (SSSR count). The van der Waals surface area contributed by atoms with Gasteiger partial charge in [-0.2, -0.15) is 0 Å². The fraction of sp³-hybridized carbons (Fsp3) is 0.983. The molecule has 0 aliphatic rings. The molecule has 0 aliphatic heterocycles. The Bertz CT molecular complexity index is 1090.